The van der Waals surface area contributed by atoms with Gasteiger partial charge < -0.3 is 16.2 Å². The van der Waals surface area contributed by atoms with Gasteiger partial charge in [-0.3, -0.25) is 9.59 Å². The first-order chi connectivity index (χ1) is 11.3. The van der Waals surface area contributed by atoms with Gasteiger partial charge in [-0.25, -0.2) is 4.98 Å². The number of rotatable bonds is 7. The number of anilines is 1. The minimum atomic E-state index is -0.884. The smallest absolute Gasteiger partial charge is 0.307 e. The molecule has 1 unspecified atom stereocenters. The van der Waals surface area contributed by atoms with Crippen molar-refractivity contribution in [3.63, 3.8) is 0 Å². The minimum Gasteiger partial charge on any atom is -0.481 e. The summed E-state index contributed by atoms with van der Waals surface area (Å²) in [4.78, 5) is 27.2. The molecule has 4 N–H and O–H groups in total. The summed E-state index contributed by atoms with van der Waals surface area (Å²) in [5, 5.41) is 14.2. The van der Waals surface area contributed by atoms with Gasteiger partial charge in [-0.15, -0.1) is 11.3 Å². The summed E-state index contributed by atoms with van der Waals surface area (Å²) in [6.45, 7) is 4.07. The van der Waals surface area contributed by atoms with E-state index in [0.717, 1.165) is 5.01 Å². The number of hydrogen-bond donors (Lipinski definition) is 3. The highest BCUT2D eigenvalue weighted by Crippen LogP contribution is 2.22. The van der Waals surface area contributed by atoms with Crippen molar-refractivity contribution in [2.75, 3.05) is 5.32 Å². The zero-order valence-electron chi connectivity index (χ0n) is 13.7. The molecule has 0 saturated carbocycles. The summed E-state index contributed by atoms with van der Waals surface area (Å²) in [6, 6.07) is 6.64. The summed E-state index contributed by atoms with van der Waals surface area (Å²) < 4.78 is 0. The number of benzene rings is 1. The van der Waals surface area contributed by atoms with Crippen LogP contribution in [0.3, 0.4) is 0 Å². The third-order valence-corrected chi connectivity index (χ3v) is 4.50. The lowest BCUT2D eigenvalue weighted by molar-refractivity contribution is -0.136. The molecule has 1 atom stereocenters. The van der Waals surface area contributed by atoms with Gasteiger partial charge >= 0.3 is 5.97 Å². The second-order valence-electron chi connectivity index (χ2n) is 5.94. The Morgan fingerprint density at radius 3 is 2.50 bits per heavy atom. The number of carbonyl (C=O) groups is 2. The fourth-order valence-electron chi connectivity index (χ4n) is 2.09. The monoisotopic (exact) mass is 347 g/mol. The molecule has 0 aliphatic carbocycles. The van der Waals surface area contributed by atoms with Gasteiger partial charge in [0, 0.05) is 11.1 Å². The Morgan fingerprint density at radius 1 is 1.25 bits per heavy atom. The van der Waals surface area contributed by atoms with E-state index in [2.05, 4.69) is 10.3 Å². The number of nitrogens with zero attached hydrogens (tertiary/aromatic N) is 1. The Labute approximate surface area is 144 Å². The lowest BCUT2D eigenvalue weighted by Crippen LogP contribution is -2.17. The SMILES string of the molecule is CC(C)C(N)c1nc(CC(=O)Nc2ccc(CC(=O)O)cc2)cs1. The Balaban J connectivity index is 1.92. The van der Waals surface area contributed by atoms with E-state index in [0.29, 0.717) is 22.9 Å². The van der Waals surface area contributed by atoms with Crippen molar-refractivity contribution in [3.05, 3.63) is 45.9 Å². The molecule has 0 aliphatic rings. The summed E-state index contributed by atoms with van der Waals surface area (Å²) in [6.07, 6.45) is 0.143. The summed E-state index contributed by atoms with van der Waals surface area (Å²) in [5.74, 6) is -0.760. The molecule has 128 valence electrons. The van der Waals surface area contributed by atoms with Crippen molar-refractivity contribution in [2.45, 2.75) is 32.7 Å². The van der Waals surface area contributed by atoms with Crippen LogP contribution in [0.1, 0.15) is 36.2 Å². The molecule has 24 heavy (non-hydrogen) atoms. The Kier molecular flexibility index (Phi) is 6.05. The highest BCUT2D eigenvalue weighted by atomic mass is 32.1. The second-order valence-corrected chi connectivity index (χ2v) is 6.83. The maximum Gasteiger partial charge on any atom is 0.307 e. The number of aliphatic carboxylic acids is 1. The van der Waals surface area contributed by atoms with Crippen molar-refractivity contribution in [3.8, 4) is 0 Å². The van der Waals surface area contributed by atoms with E-state index < -0.39 is 5.97 Å². The molecule has 6 nitrogen and oxygen atoms in total. The predicted molar refractivity (Wildman–Crippen MR) is 94.0 cm³/mol. The number of nitrogens with one attached hydrogen (secondary N) is 1. The van der Waals surface area contributed by atoms with Crippen molar-refractivity contribution in [1.29, 1.82) is 0 Å². The van der Waals surface area contributed by atoms with Crippen molar-refractivity contribution in [1.82, 2.24) is 4.98 Å². The molecule has 0 fully saturated rings. The van der Waals surface area contributed by atoms with Gasteiger partial charge in [0.05, 0.1) is 24.6 Å². The minimum absolute atomic E-state index is 0.0358. The van der Waals surface area contributed by atoms with E-state index in [9.17, 15) is 9.59 Å². The summed E-state index contributed by atoms with van der Waals surface area (Å²) in [5.41, 5.74) is 8.08. The quantitative estimate of drug-likeness (QED) is 0.714. The van der Waals surface area contributed by atoms with Crippen LogP contribution in [0, 0.1) is 5.92 Å². The van der Waals surface area contributed by atoms with Gasteiger partial charge in [0.2, 0.25) is 5.91 Å². The first-order valence-electron chi connectivity index (χ1n) is 7.65. The number of aromatic nitrogens is 1. The second kappa shape index (κ2) is 8.03. The van der Waals surface area contributed by atoms with Crippen LogP contribution in [0.2, 0.25) is 0 Å². The fraction of sp³-hybridized carbons (Fsp3) is 0.353. The Hall–Kier alpha value is -2.25. The maximum absolute atomic E-state index is 12.1. The van der Waals surface area contributed by atoms with Gasteiger partial charge in [-0.1, -0.05) is 26.0 Å². The molecule has 7 heteroatoms. The number of thiazole rings is 1. The zero-order valence-corrected chi connectivity index (χ0v) is 14.5. The molecule has 1 heterocycles. The number of carbonyl (C=O) groups excluding carboxylic acids is 1. The lowest BCUT2D eigenvalue weighted by atomic mass is 10.1. The number of hydrogen-bond acceptors (Lipinski definition) is 5. The topological polar surface area (TPSA) is 105 Å². The summed E-state index contributed by atoms with van der Waals surface area (Å²) >= 11 is 1.47. The third-order valence-electron chi connectivity index (χ3n) is 3.51. The van der Waals surface area contributed by atoms with Crippen LogP contribution < -0.4 is 11.1 Å². The molecule has 1 aromatic carbocycles. The Bertz CT molecular complexity index is 710. The lowest BCUT2D eigenvalue weighted by Gasteiger charge is -2.11. The van der Waals surface area contributed by atoms with Gasteiger partial charge in [0.15, 0.2) is 0 Å². The highest BCUT2D eigenvalue weighted by Gasteiger charge is 2.15. The van der Waals surface area contributed by atoms with E-state index in [1.807, 2.05) is 19.2 Å². The highest BCUT2D eigenvalue weighted by molar-refractivity contribution is 7.09. The van der Waals surface area contributed by atoms with Gasteiger partial charge in [-0.2, -0.15) is 0 Å². The zero-order chi connectivity index (χ0) is 17.7. The van der Waals surface area contributed by atoms with E-state index in [1.165, 1.54) is 11.3 Å². The number of carboxylic acids is 1. The third kappa shape index (κ3) is 5.14. The Morgan fingerprint density at radius 2 is 1.92 bits per heavy atom. The van der Waals surface area contributed by atoms with Crippen molar-refractivity contribution in [2.24, 2.45) is 11.7 Å². The number of nitrogens with two attached hydrogens (primary N) is 1. The molecular formula is C17H21N3O3S. The number of amides is 1. The van der Waals surface area contributed by atoms with Crippen LogP contribution in [0.4, 0.5) is 5.69 Å². The van der Waals surface area contributed by atoms with E-state index >= 15 is 0 Å². The van der Waals surface area contributed by atoms with Crippen LogP contribution in [0.15, 0.2) is 29.6 Å². The maximum atomic E-state index is 12.1. The van der Waals surface area contributed by atoms with Gasteiger partial charge in [0.25, 0.3) is 0 Å². The van der Waals surface area contributed by atoms with Crippen molar-refractivity contribution >= 4 is 28.9 Å². The van der Waals surface area contributed by atoms with Crippen LogP contribution in [-0.2, 0) is 22.4 Å². The normalized spacial score (nSPS) is 12.2. The molecule has 0 radical (unpaired) electrons. The van der Waals surface area contributed by atoms with E-state index in [-0.39, 0.29) is 24.8 Å². The van der Waals surface area contributed by atoms with Gasteiger partial charge in [-0.05, 0) is 23.6 Å². The van der Waals surface area contributed by atoms with Crippen molar-refractivity contribution < 1.29 is 14.7 Å². The molecular weight excluding hydrogens is 326 g/mol. The average molecular weight is 347 g/mol. The molecule has 1 amide bonds. The van der Waals surface area contributed by atoms with Gasteiger partial charge in [0.1, 0.15) is 5.01 Å². The molecule has 1 aromatic heterocycles. The predicted octanol–water partition coefficient (Wildman–Crippen LogP) is 2.61. The van der Waals surface area contributed by atoms with Crippen LogP contribution in [0.25, 0.3) is 0 Å². The van der Waals surface area contributed by atoms with E-state index in [4.69, 9.17) is 10.8 Å². The molecule has 0 spiro atoms. The van der Waals surface area contributed by atoms with Crippen LogP contribution >= 0.6 is 11.3 Å². The molecule has 0 saturated heterocycles. The number of carboxylic acid groups (broad SMARTS) is 1. The fourth-order valence-corrected chi connectivity index (χ4v) is 3.08. The van der Waals surface area contributed by atoms with E-state index in [1.54, 1.807) is 24.3 Å². The first-order valence-corrected chi connectivity index (χ1v) is 8.53. The molecule has 0 bridgehead atoms. The molecule has 2 aromatic rings. The average Bonchev–Trinajstić information content (AvgIpc) is 2.96. The first kappa shape index (κ1) is 18.1. The largest absolute Gasteiger partial charge is 0.481 e. The summed E-state index contributed by atoms with van der Waals surface area (Å²) in [7, 11) is 0. The molecule has 0 aliphatic heterocycles. The standard InChI is InChI=1S/C17H21N3O3S/c1-10(2)16(18)17-20-13(9-24-17)8-14(21)19-12-5-3-11(4-6-12)7-15(22)23/h3-6,9-10,16H,7-8,18H2,1-2H3,(H,19,21)(H,22,23). The van der Waals surface area contributed by atoms with Crippen LogP contribution in [-0.4, -0.2) is 22.0 Å². The molecule has 2 rings (SSSR count). The van der Waals surface area contributed by atoms with Crippen LogP contribution in [0.5, 0.6) is 0 Å².